The number of hydrogen-bond donors (Lipinski definition) is 0. The molecule has 0 N–H and O–H groups in total. The van der Waals surface area contributed by atoms with Gasteiger partial charge in [-0.15, -0.1) is 0 Å². The molecule has 0 spiro atoms. The summed E-state index contributed by atoms with van der Waals surface area (Å²) in [6.45, 7) is 12.1. The Kier molecular flexibility index (Phi) is 8.08. The summed E-state index contributed by atoms with van der Waals surface area (Å²) in [6.07, 6.45) is 14.7. The van der Waals surface area contributed by atoms with E-state index in [4.69, 9.17) is 6.58 Å². The van der Waals surface area contributed by atoms with Crippen molar-refractivity contribution in [2.45, 2.75) is 63.8 Å². The number of para-hydroxylation sites is 1. The Bertz CT molecular complexity index is 2730. The molecule has 274 valence electrons. The molecule has 3 aliphatic rings. The predicted octanol–water partition coefficient (Wildman–Crippen LogP) is 14.7. The molecule has 3 unspecified atom stereocenters. The Morgan fingerprint density at radius 2 is 1.36 bits per heavy atom. The van der Waals surface area contributed by atoms with E-state index in [2.05, 4.69) is 196 Å². The first-order chi connectivity index (χ1) is 27.4. The Balaban J connectivity index is 1.21. The maximum Gasteiger partial charge on any atom is 0.0708 e. The second-order valence-electron chi connectivity index (χ2n) is 16.9. The zero-order chi connectivity index (χ0) is 38.1. The molecule has 10 rings (SSSR count). The molecule has 1 saturated carbocycles. The van der Waals surface area contributed by atoms with Crippen molar-refractivity contribution in [2.75, 3.05) is 4.90 Å². The van der Waals surface area contributed by atoms with Crippen LogP contribution in [0.5, 0.6) is 0 Å². The third kappa shape index (κ3) is 4.93. The Morgan fingerprint density at radius 3 is 2.18 bits per heavy atom. The SMILES string of the molecule is C=C(/C=C\C=C/C)C1(c2ccccc2)c2cc(-c3ccc4c(c3)CC3(C)CCCCC3(C)N4c3ccccc3)ccc2-c2c1ccc1c2ccc2ccccc21. The minimum Gasteiger partial charge on any atom is -0.335 e. The highest BCUT2D eigenvalue weighted by Crippen LogP contribution is 2.60. The summed E-state index contributed by atoms with van der Waals surface area (Å²) >= 11 is 0. The van der Waals surface area contributed by atoms with E-state index in [0.717, 1.165) is 12.0 Å². The monoisotopic (exact) mass is 723 g/mol. The normalized spacial score (nSPS) is 22.7. The van der Waals surface area contributed by atoms with Crippen molar-refractivity contribution in [1.29, 1.82) is 0 Å². The van der Waals surface area contributed by atoms with Crippen molar-refractivity contribution in [1.82, 2.24) is 0 Å². The van der Waals surface area contributed by atoms with Gasteiger partial charge >= 0.3 is 0 Å². The first-order valence-electron chi connectivity index (χ1n) is 20.5. The van der Waals surface area contributed by atoms with Crippen molar-refractivity contribution in [3.8, 4) is 22.3 Å². The van der Waals surface area contributed by atoms with E-state index < -0.39 is 5.41 Å². The van der Waals surface area contributed by atoms with E-state index in [1.54, 1.807) is 0 Å². The van der Waals surface area contributed by atoms with Gasteiger partial charge < -0.3 is 4.90 Å². The van der Waals surface area contributed by atoms with Gasteiger partial charge in [0.15, 0.2) is 0 Å². The summed E-state index contributed by atoms with van der Waals surface area (Å²) in [5.74, 6) is 0. The molecule has 3 atom stereocenters. The van der Waals surface area contributed by atoms with Crippen molar-refractivity contribution < 1.29 is 0 Å². The lowest BCUT2D eigenvalue weighted by atomic mass is 9.57. The smallest absolute Gasteiger partial charge is 0.0708 e. The van der Waals surface area contributed by atoms with Gasteiger partial charge in [0.2, 0.25) is 0 Å². The van der Waals surface area contributed by atoms with Crippen LogP contribution in [-0.2, 0) is 11.8 Å². The molecular formula is C55H49N. The van der Waals surface area contributed by atoms with Gasteiger partial charge in [-0.25, -0.2) is 0 Å². The molecule has 0 amide bonds. The molecule has 7 aromatic carbocycles. The number of rotatable bonds is 6. The number of allylic oxidation sites excluding steroid dienone is 5. The minimum absolute atomic E-state index is 0.0602. The molecule has 0 radical (unpaired) electrons. The van der Waals surface area contributed by atoms with Gasteiger partial charge in [0, 0.05) is 16.9 Å². The highest BCUT2D eigenvalue weighted by molar-refractivity contribution is 6.14. The van der Waals surface area contributed by atoms with Gasteiger partial charge in [0.25, 0.3) is 0 Å². The van der Waals surface area contributed by atoms with Gasteiger partial charge in [-0.1, -0.05) is 166 Å². The largest absolute Gasteiger partial charge is 0.335 e. The van der Waals surface area contributed by atoms with Crippen LogP contribution in [-0.4, -0.2) is 5.54 Å². The lowest BCUT2D eigenvalue weighted by Crippen LogP contribution is -2.60. The fourth-order valence-electron chi connectivity index (χ4n) is 11.1. The fraction of sp³-hybridized carbons (Fsp3) is 0.200. The van der Waals surface area contributed by atoms with Crippen LogP contribution in [0.15, 0.2) is 182 Å². The minimum atomic E-state index is -0.574. The van der Waals surface area contributed by atoms with E-state index in [1.807, 2.05) is 0 Å². The van der Waals surface area contributed by atoms with Crippen LogP contribution in [0.1, 0.15) is 68.7 Å². The van der Waals surface area contributed by atoms with Crippen molar-refractivity contribution in [2.24, 2.45) is 5.41 Å². The van der Waals surface area contributed by atoms with Crippen molar-refractivity contribution >= 4 is 32.9 Å². The molecule has 56 heavy (non-hydrogen) atoms. The van der Waals surface area contributed by atoms with Crippen LogP contribution < -0.4 is 4.90 Å². The number of benzene rings is 7. The number of fused-ring (bicyclic) bond motifs is 9. The Morgan fingerprint density at radius 1 is 0.643 bits per heavy atom. The molecule has 0 saturated heterocycles. The quantitative estimate of drug-likeness (QED) is 0.122. The average Bonchev–Trinajstić information content (AvgIpc) is 3.54. The molecule has 1 nitrogen and oxygen atoms in total. The van der Waals surface area contributed by atoms with E-state index in [1.165, 1.54) is 103 Å². The highest BCUT2D eigenvalue weighted by Gasteiger charge is 2.54. The summed E-state index contributed by atoms with van der Waals surface area (Å²) in [5.41, 5.74) is 13.8. The maximum atomic E-state index is 4.91. The molecule has 1 aliphatic heterocycles. The van der Waals surface area contributed by atoms with Gasteiger partial charge in [-0.2, -0.15) is 0 Å². The summed E-state index contributed by atoms with van der Waals surface area (Å²) in [6, 6.07) is 54.9. The summed E-state index contributed by atoms with van der Waals surface area (Å²) in [4.78, 5) is 2.70. The Labute approximate surface area is 332 Å². The fourth-order valence-corrected chi connectivity index (χ4v) is 11.1. The zero-order valence-corrected chi connectivity index (χ0v) is 32.9. The Hall–Kier alpha value is -5.92. The molecule has 1 fully saturated rings. The summed E-state index contributed by atoms with van der Waals surface area (Å²) in [5, 5.41) is 5.13. The highest BCUT2D eigenvalue weighted by atomic mass is 15.2. The molecule has 2 aliphatic carbocycles. The lowest BCUT2D eigenvalue weighted by Gasteiger charge is -2.60. The van der Waals surface area contributed by atoms with Crippen LogP contribution in [0.2, 0.25) is 0 Å². The van der Waals surface area contributed by atoms with Crippen LogP contribution >= 0.6 is 0 Å². The first-order valence-corrected chi connectivity index (χ1v) is 20.5. The van der Waals surface area contributed by atoms with Gasteiger partial charge in [0.1, 0.15) is 0 Å². The maximum absolute atomic E-state index is 4.91. The molecule has 0 bridgehead atoms. The second kappa shape index (κ2) is 13.1. The van der Waals surface area contributed by atoms with Gasteiger partial charge in [-0.05, 0) is 140 Å². The molecule has 1 heteroatoms. The van der Waals surface area contributed by atoms with E-state index >= 15 is 0 Å². The van der Waals surface area contributed by atoms with Crippen molar-refractivity contribution in [3.05, 3.63) is 204 Å². The van der Waals surface area contributed by atoms with Crippen molar-refractivity contribution in [3.63, 3.8) is 0 Å². The van der Waals surface area contributed by atoms with Crippen LogP contribution in [0.25, 0.3) is 43.8 Å². The van der Waals surface area contributed by atoms with E-state index in [9.17, 15) is 0 Å². The molecular weight excluding hydrogens is 675 g/mol. The van der Waals surface area contributed by atoms with Crippen LogP contribution in [0.4, 0.5) is 11.4 Å². The van der Waals surface area contributed by atoms with E-state index in [-0.39, 0.29) is 11.0 Å². The lowest BCUT2D eigenvalue weighted by molar-refractivity contribution is 0.0863. The summed E-state index contributed by atoms with van der Waals surface area (Å²) in [7, 11) is 0. The molecule has 1 heterocycles. The molecule has 7 aromatic rings. The van der Waals surface area contributed by atoms with E-state index in [0.29, 0.717) is 0 Å². The second-order valence-corrected chi connectivity index (χ2v) is 16.9. The number of hydrogen-bond acceptors (Lipinski definition) is 1. The third-order valence-corrected chi connectivity index (χ3v) is 14.0. The first kappa shape index (κ1) is 34.6. The van der Waals surface area contributed by atoms with Gasteiger partial charge in [-0.3, -0.25) is 0 Å². The number of anilines is 2. The third-order valence-electron chi connectivity index (χ3n) is 14.0. The average molecular weight is 724 g/mol. The zero-order valence-electron chi connectivity index (χ0n) is 32.9. The number of nitrogens with zero attached hydrogens (tertiary/aromatic N) is 1. The standard InChI is InChI=1S/C55H49N/c1-5-6-9-18-38(2)55(43-20-10-7-11-21-43)49-31-30-46-45-24-15-14-19-39(45)25-28-47(46)52(49)48-29-26-41(36-50(48)55)40-27-32-51-42(35-40)37-53(3)33-16-17-34-54(53,4)56(51)44-22-12-8-13-23-44/h5-15,18-32,35-36H,2,16-17,33-34,37H2,1,3-4H3/b6-5-,18-9-. The topological polar surface area (TPSA) is 3.24 Å². The molecule has 0 aromatic heterocycles. The predicted molar refractivity (Wildman–Crippen MR) is 239 cm³/mol. The van der Waals surface area contributed by atoms with Crippen LogP contribution in [0.3, 0.4) is 0 Å². The summed E-state index contributed by atoms with van der Waals surface area (Å²) < 4.78 is 0. The van der Waals surface area contributed by atoms with Crippen LogP contribution in [0, 0.1) is 5.41 Å². The van der Waals surface area contributed by atoms with Gasteiger partial charge in [0.05, 0.1) is 5.41 Å².